The van der Waals surface area contributed by atoms with Crippen molar-refractivity contribution in [3.8, 4) is 0 Å². The number of nitrogens with two attached hydrogens (primary N) is 1. The highest BCUT2D eigenvalue weighted by Gasteiger charge is 2.12. The third-order valence-corrected chi connectivity index (χ3v) is 4.11. The van der Waals surface area contributed by atoms with Crippen LogP contribution in [0.4, 0.5) is 11.4 Å². The van der Waals surface area contributed by atoms with Gasteiger partial charge in [-0.15, -0.1) is 0 Å². The molecular formula is C13H9Br3N2O. The van der Waals surface area contributed by atoms with Crippen LogP contribution in [-0.4, -0.2) is 5.91 Å². The molecule has 0 unspecified atom stereocenters. The second-order valence-corrected chi connectivity index (χ2v) is 6.50. The summed E-state index contributed by atoms with van der Waals surface area (Å²) >= 11 is 10.1. The van der Waals surface area contributed by atoms with E-state index < -0.39 is 0 Å². The van der Waals surface area contributed by atoms with Crippen LogP contribution < -0.4 is 11.1 Å². The van der Waals surface area contributed by atoms with Gasteiger partial charge in [0.25, 0.3) is 5.91 Å². The molecule has 0 atom stereocenters. The Kier molecular flexibility index (Phi) is 4.65. The number of amides is 1. The number of hydrogen-bond acceptors (Lipinski definition) is 2. The summed E-state index contributed by atoms with van der Waals surface area (Å²) in [5, 5.41) is 2.82. The highest BCUT2D eigenvalue weighted by Crippen LogP contribution is 2.27. The van der Waals surface area contributed by atoms with Gasteiger partial charge in [0.05, 0.1) is 11.3 Å². The lowest BCUT2D eigenvalue weighted by Crippen LogP contribution is -2.14. The fourth-order valence-corrected chi connectivity index (χ4v) is 2.61. The number of benzene rings is 2. The maximum atomic E-state index is 12.2. The Labute approximate surface area is 136 Å². The van der Waals surface area contributed by atoms with Gasteiger partial charge in [0.1, 0.15) is 0 Å². The van der Waals surface area contributed by atoms with Crippen LogP contribution in [0.25, 0.3) is 0 Å². The van der Waals surface area contributed by atoms with Crippen LogP contribution in [0.2, 0.25) is 0 Å². The van der Waals surface area contributed by atoms with Crippen molar-refractivity contribution in [2.45, 2.75) is 0 Å². The molecule has 6 heteroatoms. The van der Waals surface area contributed by atoms with E-state index in [9.17, 15) is 4.79 Å². The molecule has 0 aliphatic rings. The van der Waals surface area contributed by atoms with E-state index in [-0.39, 0.29) is 5.91 Å². The first-order valence-corrected chi connectivity index (χ1v) is 7.66. The number of anilines is 2. The standard InChI is InChI=1S/C13H9Br3N2O/c14-7-1-3-9(11(17)5-7)13(19)18-12-6-8(15)2-4-10(12)16/h1-6H,17H2,(H,18,19). The molecule has 0 radical (unpaired) electrons. The summed E-state index contributed by atoms with van der Waals surface area (Å²) in [5.41, 5.74) is 7.38. The van der Waals surface area contributed by atoms with Crippen molar-refractivity contribution in [1.82, 2.24) is 0 Å². The molecule has 0 aromatic heterocycles. The molecule has 0 bridgehead atoms. The van der Waals surface area contributed by atoms with Gasteiger partial charge in [-0.25, -0.2) is 0 Å². The molecule has 3 N–H and O–H groups in total. The molecule has 0 saturated carbocycles. The van der Waals surface area contributed by atoms with Gasteiger partial charge in [0.15, 0.2) is 0 Å². The predicted octanol–water partition coefficient (Wildman–Crippen LogP) is 4.81. The number of rotatable bonds is 2. The molecule has 0 aliphatic heterocycles. The van der Waals surface area contributed by atoms with Crippen LogP contribution in [0.15, 0.2) is 49.8 Å². The smallest absolute Gasteiger partial charge is 0.257 e. The monoisotopic (exact) mass is 446 g/mol. The van der Waals surface area contributed by atoms with Gasteiger partial charge < -0.3 is 11.1 Å². The first kappa shape index (κ1) is 14.6. The van der Waals surface area contributed by atoms with Crippen LogP contribution in [0, 0.1) is 0 Å². The summed E-state index contributed by atoms with van der Waals surface area (Å²) in [6, 6.07) is 10.7. The van der Waals surface area contributed by atoms with Crippen LogP contribution >= 0.6 is 47.8 Å². The number of carbonyl (C=O) groups excluding carboxylic acids is 1. The van der Waals surface area contributed by atoms with Gasteiger partial charge in [0, 0.05) is 19.1 Å². The second-order valence-electron chi connectivity index (χ2n) is 3.81. The average Bonchev–Trinajstić information content (AvgIpc) is 2.33. The zero-order valence-electron chi connectivity index (χ0n) is 9.58. The molecule has 3 nitrogen and oxygen atoms in total. The Morgan fingerprint density at radius 1 is 1.00 bits per heavy atom. The molecule has 2 rings (SSSR count). The minimum atomic E-state index is -0.246. The van der Waals surface area contributed by atoms with E-state index in [0.29, 0.717) is 16.9 Å². The van der Waals surface area contributed by atoms with Crippen LogP contribution in [0.5, 0.6) is 0 Å². The first-order valence-electron chi connectivity index (χ1n) is 5.29. The number of carbonyl (C=O) groups is 1. The lowest BCUT2D eigenvalue weighted by molar-refractivity contribution is 0.102. The minimum Gasteiger partial charge on any atom is -0.398 e. The van der Waals surface area contributed by atoms with E-state index in [1.807, 2.05) is 18.2 Å². The van der Waals surface area contributed by atoms with E-state index in [1.54, 1.807) is 18.2 Å². The molecule has 0 fully saturated rings. The highest BCUT2D eigenvalue weighted by atomic mass is 79.9. The maximum Gasteiger partial charge on any atom is 0.257 e. The van der Waals surface area contributed by atoms with Crippen LogP contribution in [0.1, 0.15) is 10.4 Å². The largest absolute Gasteiger partial charge is 0.398 e. The normalized spacial score (nSPS) is 10.3. The van der Waals surface area contributed by atoms with Gasteiger partial charge in [-0.1, -0.05) is 31.9 Å². The quantitative estimate of drug-likeness (QED) is 0.648. The fourth-order valence-electron chi connectivity index (χ4n) is 1.52. The summed E-state index contributed by atoms with van der Waals surface area (Å²) in [6.07, 6.45) is 0. The fraction of sp³-hybridized carbons (Fsp3) is 0. The molecule has 0 saturated heterocycles. The van der Waals surface area contributed by atoms with Crippen molar-refractivity contribution in [1.29, 1.82) is 0 Å². The van der Waals surface area contributed by atoms with E-state index in [4.69, 9.17) is 5.73 Å². The van der Waals surface area contributed by atoms with Crippen molar-refractivity contribution < 1.29 is 4.79 Å². The maximum absolute atomic E-state index is 12.2. The average molecular weight is 449 g/mol. The number of nitrogen functional groups attached to an aromatic ring is 1. The SMILES string of the molecule is Nc1cc(Br)ccc1C(=O)Nc1cc(Br)ccc1Br. The van der Waals surface area contributed by atoms with Crippen molar-refractivity contribution in [3.63, 3.8) is 0 Å². The Hall–Kier alpha value is -0.850. The van der Waals surface area contributed by atoms with Crippen molar-refractivity contribution in [2.24, 2.45) is 0 Å². The summed E-state index contributed by atoms with van der Waals surface area (Å²) < 4.78 is 2.53. The van der Waals surface area contributed by atoms with Gasteiger partial charge in [-0.3, -0.25) is 4.79 Å². The molecule has 2 aromatic rings. The first-order chi connectivity index (χ1) is 8.97. The highest BCUT2D eigenvalue weighted by molar-refractivity contribution is 9.11. The third-order valence-electron chi connectivity index (χ3n) is 2.43. The van der Waals surface area contributed by atoms with Gasteiger partial charge in [0.2, 0.25) is 0 Å². The second kappa shape index (κ2) is 6.07. The van der Waals surface area contributed by atoms with E-state index in [0.717, 1.165) is 13.4 Å². The zero-order chi connectivity index (χ0) is 14.0. The van der Waals surface area contributed by atoms with E-state index in [2.05, 4.69) is 53.1 Å². The van der Waals surface area contributed by atoms with Crippen LogP contribution in [-0.2, 0) is 0 Å². The Bertz CT molecular complexity index is 644. The number of nitrogens with one attached hydrogen (secondary N) is 1. The topological polar surface area (TPSA) is 55.1 Å². The summed E-state index contributed by atoms with van der Waals surface area (Å²) in [6.45, 7) is 0. The summed E-state index contributed by atoms with van der Waals surface area (Å²) in [4.78, 5) is 12.2. The summed E-state index contributed by atoms with van der Waals surface area (Å²) in [7, 11) is 0. The van der Waals surface area contributed by atoms with Crippen molar-refractivity contribution >= 4 is 65.1 Å². The van der Waals surface area contributed by atoms with Crippen LogP contribution in [0.3, 0.4) is 0 Å². The van der Waals surface area contributed by atoms with E-state index in [1.165, 1.54) is 0 Å². The molecule has 0 heterocycles. The molecule has 0 aliphatic carbocycles. The van der Waals surface area contributed by atoms with E-state index >= 15 is 0 Å². The van der Waals surface area contributed by atoms with Gasteiger partial charge in [-0.05, 0) is 52.3 Å². The molecule has 98 valence electrons. The molecule has 2 aromatic carbocycles. The summed E-state index contributed by atoms with van der Waals surface area (Å²) in [5.74, 6) is -0.246. The third kappa shape index (κ3) is 3.58. The molecular weight excluding hydrogens is 440 g/mol. The lowest BCUT2D eigenvalue weighted by atomic mass is 10.1. The lowest BCUT2D eigenvalue weighted by Gasteiger charge is -2.10. The molecule has 1 amide bonds. The Morgan fingerprint density at radius 3 is 2.32 bits per heavy atom. The van der Waals surface area contributed by atoms with Crippen molar-refractivity contribution in [2.75, 3.05) is 11.1 Å². The zero-order valence-corrected chi connectivity index (χ0v) is 14.3. The number of halogens is 3. The number of hydrogen-bond donors (Lipinski definition) is 2. The minimum absolute atomic E-state index is 0.246. The molecule has 0 spiro atoms. The molecule has 19 heavy (non-hydrogen) atoms. The predicted molar refractivity (Wildman–Crippen MR) is 88.3 cm³/mol. The van der Waals surface area contributed by atoms with Gasteiger partial charge >= 0.3 is 0 Å². The Morgan fingerprint density at radius 2 is 1.63 bits per heavy atom. The Balaban J connectivity index is 2.28. The van der Waals surface area contributed by atoms with Gasteiger partial charge in [-0.2, -0.15) is 0 Å². The van der Waals surface area contributed by atoms with Crippen molar-refractivity contribution in [3.05, 3.63) is 55.4 Å².